The maximum atomic E-state index is 11.3. The van der Waals surface area contributed by atoms with Gasteiger partial charge in [-0.1, -0.05) is 13.8 Å². The van der Waals surface area contributed by atoms with Gasteiger partial charge in [-0.05, 0) is 32.0 Å². The lowest BCUT2D eigenvalue weighted by Crippen LogP contribution is -2.26. The molecule has 0 N–H and O–H groups in total. The molecule has 4 heteroatoms. The summed E-state index contributed by atoms with van der Waals surface area (Å²) in [6, 6.07) is 0. The molecule has 0 unspecified atom stereocenters. The number of ether oxygens (including phenoxy) is 1. The summed E-state index contributed by atoms with van der Waals surface area (Å²) in [6.07, 6.45) is 0.663. The van der Waals surface area contributed by atoms with E-state index in [4.69, 9.17) is 0 Å². The number of rotatable bonds is 3. The Balaban J connectivity index is 4.07. The lowest BCUT2D eigenvalue weighted by Gasteiger charge is -2.18. The van der Waals surface area contributed by atoms with Gasteiger partial charge in [0.1, 0.15) is 0 Å². The van der Waals surface area contributed by atoms with Crippen molar-refractivity contribution in [2.24, 2.45) is 5.41 Å². The van der Waals surface area contributed by atoms with Crippen molar-refractivity contribution in [3.05, 3.63) is 0 Å². The van der Waals surface area contributed by atoms with Crippen LogP contribution in [0.5, 0.6) is 0 Å². The van der Waals surface area contributed by atoms with Crippen LogP contribution in [0.15, 0.2) is 0 Å². The molecule has 0 saturated heterocycles. The van der Waals surface area contributed by atoms with Crippen molar-refractivity contribution in [1.82, 2.24) is 0 Å². The molecule has 0 aromatic rings. The summed E-state index contributed by atoms with van der Waals surface area (Å²) < 4.78 is 4.63. The third-order valence-corrected chi connectivity index (χ3v) is 2.48. The van der Waals surface area contributed by atoms with E-state index in [1.54, 1.807) is 13.8 Å². The molecule has 0 aromatic heterocycles. The Bertz CT molecular complexity index is 199. The molecule has 76 valence electrons. The van der Waals surface area contributed by atoms with Crippen LogP contribution in [0.4, 0.5) is 4.79 Å². The van der Waals surface area contributed by atoms with Gasteiger partial charge < -0.3 is 4.74 Å². The summed E-state index contributed by atoms with van der Waals surface area (Å²) in [7, 11) is 0. The maximum absolute atomic E-state index is 11.3. The first kappa shape index (κ1) is 12.5. The fourth-order valence-corrected chi connectivity index (χ4v) is 0.876. The topological polar surface area (TPSA) is 43.4 Å². The summed E-state index contributed by atoms with van der Waals surface area (Å²) in [6.45, 7) is 7.25. The predicted molar refractivity (Wildman–Crippen MR) is 53.7 cm³/mol. The molecular formula is C9H16O3S. The van der Waals surface area contributed by atoms with Gasteiger partial charge in [0.15, 0.2) is 0 Å². The second-order valence-electron chi connectivity index (χ2n) is 3.31. The highest BCUT2D eigenvalue weighted by Crippen LogP contribution is 2.22. The van der Waals surface area contributed by atoms with Gasteiger partial charge >= 0.3 is 11.3 Å². The first-order chi connectivity index (χ1) is 5.94. The number of thioether (sulfide) groups is 1. The highest BCUT2D eigenvalue weighted by Gasteiger charge is 2.29. The van der Waals surface area contributed by atoms with Crippen LogP contribution >= 0.6 is 11.8 Å². The molecule has 0 radical (unpaired) electrons. The van der Waals surface area contributed by atoms with Crippen molar-refractivity contribution >= 4 is 23.0 Å². The standard InChI is InChI=1S/C9H16O3S/c1-5-9(3,4)7(10)12-8(11)13-6-2/h5-6H2,1-4H3. The lowest BCUT2D eigenvalue weighted by atomic mass is 9.91. The fraction of sp³-hybridized carbons (Fsp3) is 0.778. The number of carbonyl (C=O) groups is 2. The van der Waals surface area contributed by atoms with Crippen LogP contribution in [0.25, 0.3) is 0 Å². The summed E-state index contributed by atoms with van der Waals surface area (Å²) in [4.78, 5) is 22.3. The Labute approximate surface area is 83.2 Å². The van der Waals surface area contributed by atoms with Gasteiger partial charge in [0.2, 0.25) is 0 Å². The third kappa shape index (κ3) is 4.31. The molecule has 0 bridgehead atoms. The van der Waals surface area contributed by atoms with E-state index in [9.17, 15) is 9.59 Å². The molecule has 0 rings (SSSR count). The number of esters is 1. The normalized spacial score (nSPS) is 11.1. The summed E-state index contributed by atoms with van der Waals surface area (Å²) in [5.41, 5.74) is -0.566. The third-order valence-electron chi connectivity index (χ3n) is 1.87. The first-order valence-corrected chi connectivity index (χ1v) is 5.31. The fourth-order valence-electron chi connectivity index (χ4n) is 0.505. The first-order valence-electron chi connectivity index (χ1n) is 4.33. The van der Waals surface area contributed by atoms with Crippen molar-refractivity contribution < 1.29 is 14.3 Å². The van der Waals surface area contributed by atoms with Crippen molar-refractivity contribution in [2.45, 2.75) is 34.1 Å². The van der Waals surface area contributed by atoms with Gasteiger partial charge in [0.25, 0.3) is 0 Å². The molecule has 0 amide bonds. The molecule has 13 heavy (non-hydrogen) atoms. The van der Waals surface area contributed by atoms with Crippen LogP contribution in [0, 0.1) is 5.41 Å². The predicted octanol–water partition coefficient (Wildman–Crippen LogP) is 2.84. The Kier molecular flexibility index (Phi) is 5.06. The molecule has 0 aliphatic rings. The Morgan fingerprint density at radius 3 is 2.23 bits per heavy atom. The molecule has 0 aliphatic heterocycles. The second kappa shape index (κ2) is 5.27. The van der Waals surface area contributed by atoms with Gasteiger partial charge in [0.05, 0.1) is 5.41 Å². The van der Waals surface area contributed by atoms with E-state index in [1.807, 2.05) is 13.8 Å². The minimum atomic E-state index is -0.566. The van der Waals surface area contributed by atoms with E-state index in [2.05, 4.69) is 4.74 Å². The smallest absolute Gasteiger partial charge is 0.374 e. The molecule has 3 nitrogen and oxygen atoms in total. The van der Waals surface area contributed by atoms with Crippen molar-refractivity contribution in [3.8, 4) is 0 Å². The largest absolute Gasteiger partial charge is 0.384 e. The number of carbonyl (C=O) groups excluding carboxylic acids is 2. The minimum Gasteiger partial charge on any atom is -0.384 e. The van der Waals surface area contributed by atoms with Crippen LogP contribution < -0.4 is 0 Å². The molecule has 0 atom stereocenters. The summed E-state index contributed by atoms with van der Waals surface area (Å²) in [5.74, 6) is 0.180. The lowest BCUT2D eigenvalue weighted by molar-refractivity contribution is -0.146. The summed E-state index contributed by atoms with van der Waals surface area (Å²) >= 11 is 1.00. The van der Waals surface area contributed by atoms with Gasteiger partial charge in [-0.3, -0.25) is 4.79 Å². The second-order valence-corrected chi connectivity index (χ2v) is 4.51. The van der Waals surface area contributed by atoms with E-state index in [0.717, 1.165) is 11.8 Å². The van der Waals surface area contributed by atoms with Crippen molar-refractivity contribution in [2.75, 3.05) is 5.75 Å². The van der Waals surface area contributed by atoms with Crippen LogP contribution in [-0.2, 0) is 9.53 Å². The van der Waals surface area contributed by atoms with Crippen LogP contribution in [0.2, 0.25) is 0 Å². The highest BCUT2D eigenvalue weighted by atomic mass is 32.2. The monoisotopic (exact) mass is 204 g/mol. The van der Waals surface area contributed by atoms with Gasteiger partial charge in [-0.25, -0.2) is 4.79 Å². The SMILES string of the molecule is CCSC(=O)OC(=O)C(C)(C)CC. The molecule has 0 heterocycles. The maximum Gasteiger partial charge on any atom is 0.374 e. The van der Waals surface area contributed by atoms with Crippen LogP contribution in [0.1, 0.15) is 34.1 Å². The average molecular weight is 204 g/mol. The van der Waals surface area contributed by atoms with Gasteiger partial charge in [-0.2, -0.15) is 0 Å². The zero-order chi connectivity index (χ0) is 10.5. The van der Waals surface area contributed by atoms with Crippen molar-refractivity contribution in [3.63, 3.8) is 0 Å². The van der Waals surface area contributed by atoms with Crippen molar-refractivity contribution in [1.29, 1.82) is 0 Å². The number of hydrogen-bond donors (Lipinski definition) is 0. The highest BCUT2D eigenvalue weighted by molar-refractivity contribution is 8.13. The average Bonchev–Trinajstić information content (AvgIpc) is 2.04. The van der Waals surface area contributed by atoms with Gasteiger partial charge in [-0.15, -0.1) is 0 Å². The molecular weight excluding hydrogens is 188 g/mol. The Morgan fingerprint density at radius 2 is 1.85 bits per heavy atom. The van der Waals surface area contributed by atoms with E-state index < -0.39 is 16.7 Å². The molecule has 0 saturated carbocycles. The quantitative estimate of drug-likeness (QED) is 0.523. The molecule has 0 aliphatic carbocycles. The van der Waals surface area contributed by atoms with Crippen LogP contribution in [0.3, 0.4) is 0 Å². The van der Waals surface area contributed by atoms with E-state index in [-0.39, 0.29) is 0 Å². The molecule has 0 fully saturated rings. The van der Waals surface area contributed by atoms with E-state index in [1.165, 1.54) is 0 Å². The zero-order valence-corrected chi connectivity index (χ0v) is 9.36. The Morgan fingerprint density at radius 1 is 1.31 bits per heavy atom. The Hall–Kier alpha value is -0.510. The molecule has 0 spiro atoms. The van der Waals surface area contributed by atoms with Gasteiger partial charge in [0, 0.05) is 5.75 Å². The minimum absolute atomic E-state index is 0.444. The molecule has 0 aromatic carbocycles. The van der Waals surface area contributed by atoms with Crippen LogP contribution in [-0.4, -0.2) is 17.0 Å². The summed E-state index contributed by atoms with van der Waals surface area (Å²) in [5, 5.41) is -0.506. The van der Waals surface area contributed by atoms with E-state index >= 15 is 0 Å². The zero-order valence-electron chi connectivity index (χ0n) is 8.55. The number of hydrogen-bond acceptors (Lipinski definition) is 4. The van der Waals surface area contributed by atoms with E-state index in [0.29, 0.717) is 12.2 Å².